The monoisotopic (exact) mass is 388 g/mol. The van der Waals surface area contributed by atoms with Gasteiger partial charge in [0.05, 0.1) is 11.3 Å². The summed E-state index contributed by atoms with van der Waals surface area (Å²) < 4.78 is 82.1. The molecule has 3 rings (SSSR count). The van der Waals surface area contributed by atoms with E-state index in [2.05, 4.69) is 15.5 Å². The lowest BCUT2D eigenvalue weighted by molar-refractivity contribution is -0.140. The van der Waals surface area contributed by atoms with Gasteiger partial charge in [-0.2, -0.15) is 21.6 Å². The van der Waals surface area contributed by atoms with Gasteiger partial charge in [0.25, 0.3) is 0 Å². The Morgan fingerprint density at radius 2 is 1.85 bits per heavy atom. The largest absolute Gasteiger partial charge is 0.419 e. The van der Waals surface area contributed by atoms with Gasteiger partial charge in [-0.3, -0.25) is 0 Å². The van der Waals surface area contributed by atoms with Crippen LogP contribution in [0, 0.1) is 5.82 Å². The van der Waals surface area contributed by atoms with E-state index in [9.17, 15) is 26.0 Å². The molecule has 1 heterocycles. The summed E-state index contributed by atoms with van der Waals surface area (Å²) in [6, 6.07) is 6.81. The smallest absolute Gasteiger partial charge is 0.379 e. The number of nitrogens with zero attached hydrogens (tertiary/aromatic N) is 4. The maximum atomic E-state index is 13.3. The van der Waals surface area contributed by atoms with Crippen molar-refractivity contribution in [3.63, 3.8) is 0 Å². The lowest BCUT2D eigenvalue weighted by atomic mass is 10.2. The summed E-state index contributed by atoms with van der Waals surface area (Å²) in [7, 11) is -4.63. The van der Waals surface area contributed by atoms with Crippen LogP contribution in [0.3, 0.4) is 0 Å². The Hall–Kier alpha value is -3.02. The van der Waals surface area contributed by atoms with Gasteiger partial charge in [-0.1, -0.05) is 6.07 Å². The van der Waals surface area contributed by atoms with E-state index in [0.717, 1.165) is 0 Å². The van der Waals surface area contributed by atoms with Crippen LogP contribution >= 0.6 is 0 Å². The summed E-state index contributed by atoms with van der Waals surface area (Å²) in [5.41, 5.74) is -1.34. The van der Waals surface area contributed by atoms with Gasteiger partial charge >= 0.3 is 16.3 Å². The van der Waals surface area contributed by atoms with Crippen molar-refractivity contribution in [2.45, 2.75) is 11.1 Å². The summed E-state index contributed by atoms with van der Waals surface area (Å²) >= 11 is 0. The van der Waals surface area contributed by atoms with E-state index in [4.69, 9.17) is 4.18 Å². The second kappa shape index (κ2) is 6.37. The molecule has 12 heteroatoms. The first kappa shape index (κ1) is 17.8. The second-order valence-corrected chi connectivity index (χ2v) is 6.47. The third-order valence-corrected chi connectivity index (χ3v) is 4.41. The normalized spacial score (nSPS) is 12.2. The van der Waals surface area contributed by atoms with Crippen molar-refractivity contribution in [1.82, 2.24) is 20.2 Å². The van der Waals surface area contributed by atoms with Crippen LogP contribution in [-0.2, 0) is 16.3 Å². The SMILES string of the molecule is O=S(=O)(Oc1cccc(-n2cnnn2)c1)c1ccc(F)c(C(F)(F)F)c1. The van der Waals surface area contributed by atoms with Crippen LogP contribution in [-0.4, -0.2) is 28.6 Å². The van der Waals surface area contributed by atoms with Crippen molar-refractivity contribution in [2.75, 3.05) is 0 Å². The summed E-state index contributed by atoms with van der Waals surface area (Å²) in [6.07, 6.45) is -3.79. The number of tetrazole rings is 1. The van der Waals surface area contributed by atoms with Crippen molar-refractivity contribution < 1.29 is 30.2 Å². The van der Waals surface area contributed by atoms with E-state index in [1.165, 1.54) is 29.2 Å². The van der Waals surface area contributed by atoms with E-state index in [1.54, 1.807) is 6.07 Å². The molecular weight excluding hydrogens is 380 g/mol. The van der Waals surface area contributed by atoms with Gasteiger partial charge in [-0.25, -0.2) is 9.07 Å². The number of hydrogen-bond acceptors (Lipinski definition) is 6. The van der Waals surface area contributed by atoms with Crippen LogP contribution in [0.4, 0.5) is 17.6 Å². The fourth-order valence-corrected chi connectivity index (χ4v) is 2.96. The average molecular weight is 388 g/mol. The van der Waals surface area contributed by atoms with Crippen LogP contribution < -0.4 is 4.18 Å². The van der Waals surface area contributed by atoms with Crippen LogP contribution in [0.2, 0.25) is 0 Å². The van der Waals surface area contributed by atoms with Gasteiger partial charge in [-0.05, 0) is 40.8 Å². The van der Waals surface area contributed by atoms with Crippen LogP contribution in [0.25, 0.3) is 5.69 Å². The zero-order valence-electron chi connectivity index (χ0n) is 12.6. The second-order valence-electron chi connectivity index (χ2n) is 4.93. The highest BCUT2D eigenvalue weighted by molar-refractivity contribution is 7.87. The molecule has 26 heavy (non-hydrogen) atoms. The Morgan fingerprint density at radius 1 is 1.08 bits per heavy atom. The van der Waals surface area contributed by atoms with Gasteiger partial charge in [0.1, 0.15) is 22.8 Å². The van der Waals surface area contributed by atoms with Gasteiger partial charge in [0.2, 0.25) is 0 Å². The molecule has 7 nitrogen and oxygen atoms in total. The predicted molar refractivity (Wildman–Crippen MR) is 78.4 cm³/mol. The Kier molecular flexibility index (Phi) is 4.36. The molecular formula is C14H8F4N4O3S. The molecule has 0 amide bonds. The number of hydrogen-bond donors (Lipinski definition) is 0. The Labute approximate surface area is 144 Å². The summed E-state index contributed by atoms with van der Waals surface area (Å²) in [5, 5.41) is 10.5. The molecule has 0 radical (unpaired) electrons. The van der Waals surface area contributed by atoms with Gasteiger partial charge in [0.15, 0.2) is 0 Å². The maximum Gasteiger partial charge on any atom is 0.419 e. The van der Waals surface area contributed by atoms with E-state index >= 15 is 0 Å². The molecule has 0 saturated heterocycles. The molecule has 2 aromatic carbocycles. The average Bonchev–Trinajstić information content (AvgIpc) is 3.08. The third-order valence-electron chi connectivity index (χ3n) is 3.17. The Morgan fingerprint density at radius 3 is 2.50 bits per heavy atom. The number of alkyl halides is 3. The molecule has 0 fully saturated rings. The topological polar surface area (TPSA) is 87.0 Å². The summed E-state index contributed by atoms with van der Waals surface area (Å²) in [4.78, 5) is -0.834. The van der Waals surface area contributed by atoms with Gasteiger partial charge in [0, 0.05) is 6.07 Å². The van der Waals surface area contributed by atoms with Crippen LogP contribution in [0.1, 0.15) is 5.56 Å². The van der Waals surface area contributed by atoms with Crippen molar-refractivity contribution in [2.24, 2.45) is 0 Å². The first-order valence-electron chi connectivity index (χ1n) is 6.81. The molecule has 0 unspecified atom stereocenters. The van der Waals surface area contributed by atoms with E-state index < -0.39 is 32.6 Å². The van der Waals surface area contributed by atoms with Crippen LogP contribution in [0.15, 0.2) is 53.7 Å². The Balaban J connectivity index is 1.94. The van der Waals surface area contributed by atoms with Crippen molar-refractivity contribution >= 4 is 10.1 Å². The van der Waals surface area contributed by atoms with E-state index in [-0.39, 0.29) is 11.8 Å². The van der Waals surface area contributed by atoms with Gasteiger partial charge < -0.3 is 4.18 Å². The first-order chi connectivity index (χ1) is 12.2. The molecule has 0 bridgehead atoms. The minimum atomic E-state index is -5.05. The van der Waals surface area contributed by atoms with Crippen molar-refractivity contribution in [3.8, 4) is 11.4 Å². The molecule has 136 valence electrons. The molecule has 0 atom stereocenters. The quantitative estimate of drug-likeness (QED) is 0.504. The fraction of sp³-hybridized carbons (Fsp3) is 0.0714. The predicted octanol–water partition coefficient (Wildman–Crippen LogP) is 2.59. The van der Waals surface area contributed by atoms with Gasteiger partial charge in [-0.15, -0.1) is 5.10 Å². The number of halogens is 4. The number of benzene rings is 2. The lowest BCUT2D eigenvalue weighted by Gasteiger charge is -2.11. The number of rotatable bonds is 4. The molecule has 0 aliphatic carbocycles. The maximum absolute atomic E-state index is 13.3. The summed E-state index contributed by atoms with van der Waals surface area (Å²) in [5.74, 6) is -1.77. The van der Waals surface area contributed by atoms with E-state index in [1.807, 2.05) is 0 Å². The molecule has 0 N–H and O–H groups in total. The van der Waals surface area contributed by atoms with E-state index in [0.29, 0.717) is 17.8 Å². The molecule has 0 spiro atoms. The minimum Gasteiger partial charge on any atom is -0.379 e. The van der Waals surface area contributed by atoms with Crippen molar-refractivity contribution in [1.29, 1.82) is 0 Å². The minimum absolute atomic E-state index is 0.176. The highest BCUT2D eigenvalue weighted by atomic mass is 32.2. The molecule has 3 aromatic rings. The zero-order chi connectivity index (χ0) is 18.9. The van der Waals surface area contributed by atoms with Crippen LogP contribution in [0.5, 0.6) is 5.75 Å². The third kappa shape index (κ3) is 3.64. The summed E-state index contributed by atoms with van der Waals surface area (Å²) in [6.45, 7) is 0. The Bertz CT molecular complexity index is 1040. The molecule has 0 saturated carbocycles. The highest BCUT2D eigenvalue weighted by Gasteiger charge is 2.35. The highest BCUT2D eigenvalue weighted by Crippen LogP contribution is 2.33. The van der Waals surface area contributed by atoms with Crippen molar-refractivity contribution in [3.05, 3.63) is 60.2 Å². The standard InChI is InChI=1S/C14H8F4N4O3S/c15-13-5-4-11(7-12(13)14(16,17)18)26(23,24)25-10-3-1-2-9(6-10)22-8-19-20-21-22/h1-8H. The lowest BCUT2D eigenvalue weighted by Crippen LogP contribution is -2.14. The molecule has 0 aliphatic rings. The first-order valence-corrected chi connectivity index (χ1v) is 8.22. The number of aromatic nitrogens is 4. The molecule has 1 aromatic heterocycles. The zero-order valence-corrected chi connectivity index (χ0v) is 13.4. The molecule has 0 aliphatic heterocycles. The fourth-order valence-electron chi connectivity index (χ4n) is 2.01.